The highest BCUT2D eigenvalue weighted by Crippen LogP contribution is 2.25. The van der Waals surface area contributed by atoms with E-state index in [-0.39, 0.29) is 12.1 Å². The maximum Gasteiger partial charge on any atom is 0.319 e. The van der Waals surface area contributed by atoms with Gasteiger partial charge in [0.15, 0.2) is 0 Å². The first-order chi connectivity index (χ1) is 13.0. The highest BCUT2D eigenvalue weighted by atomic mass is 16.2. The molecule has 1 fully saturated rings. The van der Waals surface area contributed by atoms with Gasteiger partial charge in [0.25, 0.3) is 0 Å². The van der Waals surface area contributed by atoms with Crippen molar-refractivity contribution < 1.29 is 4.79 Å². The van der Waals surface area contributed by atoms with Crippen LogP contribution in [0.1, 0.15) is 33.6 Å². The van der Waals surface area contributed by atoms with Gasteiger partial charge in [-0.25, -0.2) is 9.78 Å². The number of hydrogen-bond acceptors (Lipinski definition) is 4. The van der Waals surface area contributed by atoms with Gasteiger partial charge < -0.3 is 20.9 Å². The Kier molecular flexibility index (Phi) is 6.16. The van der Waals surface area contributed by atoms with Gasteiger partial charge in [-0.05, 0) is 69.0 Å². The van der Waals surface area contributed by atoms with Crippen LogP contribution in [0.4, 0.5) is 27.7 Å². The minimum atomic E-state index is -0.227. The summed E-state index contributed by atoms with van der Waals surface area (Å²) in [5.74, 6) is 1.58. The third-order valence-electron chi connectivity index (χ3n) is 4.73. The summed E-state index contributed by atoms with van der Waals surface area (Å²) in [4.78, 5) is 18.5. The normalized spacial score (nSPS) is 14.9. The molecule has 0 radical (unpaired) electrons. The predicted octanol–water partition coefficient (Wildman–Crippen LogP) is 4.59. The molecule has 0 saturated carbocycles. The molecule has 0 aliphatic carbocycles. The van der Waals surface area contributed by atoms with Gasteiger partial charge in [-0.2, -0.15) is 0 Å². The summed E-state index contributed by atoms with van der Waals surface area (Å²) in [5, 5.41) is 8.84. The Morgan fingerprint density at radius 2 is 1.74 bits per heavy atom. The Morgan fingerprint density at radius 1 is 1.07 bits per heavy atom. The van der Waals surface area contributed by atoms with Gasteiger partial charge in [-0.1, -0.05) is 6.92 Å². The van der Waals surface area contributed by atoms with Crippen LogP contribution in [0, 0.1) is 5.92 Å². The second-order valence-corrected chi connectivity index (χ2v) is 7.53. The number of piperidine rings is 1. The number of urea groups is 1. The number of nitrogens with zero attached hydrogens (tertiary/aromatic N) is 2. The quantitative estimate of drug-likeness (QED) is 0.723. The molecular weight excluding hydrogens is 338 g/mol. The van der Waals surface area contributed by atoms with Crippen LogP contribution in [0.3, 0.4) is 0 Å². The number of hydrogen-bond donors (Lipinski definition) is 3. The average Bonchev–Trinajstić information content (AvgIpc) is 2.64. The van der Waals surface area contributed by atoms with E-state index in [4.69, 9.17) is 0 Å². The topological polar surface area (TPSA) is 69.3 Å². The molecule has 0 atom stereocenters. The third kappa shape index (κ3) is 5.61. The molecule has 3 rings (SSSR count). The van der Waals surface area contributed by atoms with Crippen LogP contribution in [0.5, 0.6) is 0 Å². The van der Waals surface area contributed by atoms with Gasteiger partial charge >= 0.3 is 6.03 Å². The van der Waals surface area contributed by atoms with Gasteiger partial charge in [0, 0.05) is 30.5 Å². The second kappa shape index (κ2) is 8.75. The first-order valence-electron chi connectivity index (χ1n) is 9.65. The van der Waals surface area contributed by atoms with E-state index in [1.165, 1.54) is 18.5 Å². The number of amides is 2. The number of nitrogens with one attached hydrogen (secondary N) is 3. The number of benzene rings is 1. The zero-order chi connectivity index (χ0) is 19.2. The number of pyridine rings is 1. The van der Waals surface area contributed by atoms with Crippen molar-refractivity contribution in [2.24, 2.45) is 5.92 Å². The standard InChI is InChI=1S/C21H29N5O/c1-15(2)23-21(27)25-18-6-9-20(22-14-18)24-17-4-7-19(8-5-17)26-12-10-16(3)11-13-26/h4-9,14-16H,10-13H2,1-3H3,(H,22,24)(H2,23,25,27). The van der Waals surface area contributed by atoms with Crippen LogP contribution in [0.15, 0.2) is 42.6 Å². The zero-order valence-corrected chi connectivity index (χ0v) is 16.3. The van der Waals surface area contributed by atoms with Crippen molar-refractivity contribution in [1.82, 2.24) is 10.3 Å². The zero-order valence-electron chi connectivity index (χ0n) is 16.3. The Bertz CT molecular complexity index is 734. The fraction of sp³-hybridized carbons (Fsp3) is 0.429. The SMILES string of the molecule is CC1CCN(c2ccc(Nc3ccc(NC(=O)NC(C)C)cn3)cc2)CC1. The molecule has 1 saturated heterocycles. The minimum absolute atomic E-state index is 0.0928. The maximum absolute atomic E-state index is 11.7. The number of carbonyl (C=O) groups excluding carboxylic acids is 1. The first kappa shape index (κ1) is 19.0. The first-order valence-corrected chi connectivity index (χ1v) is 9.65. The number of rotatable bonds is 5. The molecule has 0 unspecified atom stereocenters. The minimum Gasteiger partial charge on any atom is -0.372 e. The molecule has 1 aliphatic heterocycles. The van der Waals surface area contributed by atoms with E-state index in [1.54, 1.807) is 6.20 Å². The Labute approximate surface area is 161 Å². The van der Waals surface area contributed by atoms with E-state index in [0.717, 1.165) is 30.5 Å². The highest BCUT2D eigenvalue weighted by molar-refractivity contribution is 5.89. The van der Waals surface area contributed by atoms with Crippen molar-refractivity contribution in [3.8, 4) is 0 Å². The summed E-state index contributed by atoms with van der Waals surface area (Å²) in [6.07, 6.45) is 4.17. The van der Waals surface area contributed by atoms with E-state index >= 15 is 0 Å². The van der Waals surface area contributed by atoms with Crippen LogP contribution in [0.2, 0.25) is 0 Å². The smallest absolute Gasteiger partial charge is 0.319 e. The molecule has 1 aromatic heterocycles. The Hall–Kier alpha value is -2.76. The molecule has 2 heterocycles. The molecule has 1 aliphatic rings. The van der Waals surface area contributed by atoms with Crippen molar-refractivity contribution in [2.45, 2.75) is 39.7 Å². The lowest BCUT2D eigenvalue weighted by atomic mass is 9.99. The van der Waals surface area contributed by atoms with E-state index < -0.39 is 0 Å². The second-order valence-electron chi connectivity index (χ2n) is 7.53. The van der Waals surface area contributed by atoms with E-state index in [1.807, 2.05) is 26.0 Å². The van der Waals surface area contributed by atoms with Crippen molar-refractivity contribution in [1.29, 1.82) is 0 Å². The fourth-order valence-corrected chi connectivity index (χ4v) is 3.14. The van der Waals surface area contributed by atoms with Crippen LogP contribution < -0.4 is 20.9 Å². The number of anilines is 4. The van der Waals surface area contributed by atoms with Crippen molar-refractivity contribution in [3.63, 3.8) is 0 Å². The Morgan fingerprint density at radius 3 is 2.33 bits per heavy atom. The molecule has 27 heavy (non-hydrogen) atoms. The van der Waals surface area contributed by atoms with E-state index in [9.17, 15) is 4.79 Å². The monoisotopic (exact) mass is 367 g/mol. The molecule has 2 aromatic rings. The van der Waals surface area contributed by atoms with E-state index in [2.05, 4.69) is 57.0 Å². The summed E-state index contributed by atoms with van der Waals surface area (Å²) in [6, 6.07) is 12.0. The maximum atomic E-state index is 11.7. The molecule has 0 bridgehead atoms. The van der Waals surface area contributed by atoms with Crippen LogP contribution >= 0.6 is 0 Å². The summed E-state index contributed by atoms with van der Waals surface area (Å²) in [6.45, 7) is 8.43. The van der Waals surface area contributed by atoms with Gasteiger partial charge in [-0.3, -0.25) is 0 Å². The van der Waals surface area contributed by atoms with E-state index in [0.29, 0.717) is 5.69 Å². The summed E-state index contributed by atoms with van der Waals surface area (Å²) in [7, 11) is 0. The number of carbonyl (C=O) groups is 1. The molecule has 2 amide bonds. The summed E-state index contributed by atoms with van der Waals surface area (Å²) >= 11 is 0. The van der Waals surface area contributed by atoms with Crippen molar-refractivity contribution in [3.05, 3.63) is 42.6 Å². The molecule has 0 spiro atoms. The molecule has 144 valence electrons. The molecule has 6 heteroatoms. The fourth-order valence-electron chi connectivity index (χ4n) is 3.14. The van der Waals surface area contributed by atoms with Crippen molar-refractivity contribution >= 4 is 28.9 Å². The molecule has 1 aromatic carbocycles. The van der Waals surface area contributed by atoms with Gasteiger partial charge in [0.1, 0.15) is 5.82 Å². The van der Waals surface area contributed by atoms with Gasteiger partial charge in [0.2, 0.25) is 0 Å². The van der Waals surface area contributed by atoms with Crippen LogP contribution in [0.25, 0.3) is 0 Å². The lowest BCUT2D eigenvalue weighted by molar-refractivity contribution is 0.250. The third-order valence-corrected chi connectivity index (χ3v) is 4.73. The van der Waals surface area contributed by atoms with Crippen LogP contribution in [-0.4, -0.2) is 30.1 Å². The lowest BCUT2D eigenvalue weighted by Gasteiger charge is -2.32. The van der Waals surface area contributed by atoms with Gasteiger partial charge in [0.05, 0.1) is 11.9 Å². The molecule has 6 nitrogen and oxygen atoms in total. The highest BCUT2D eigenvalue weighted by Gasteiger charge is 2.15. The summed E-state index contributed by atoms with van der Waals surface area (Å²) < 4.78 is 0. The van der Waals surface area contributed by atoms with Gasteiger partial charge in [-0.15, -0.1) is 0 Å². The number of aromatic nitrogens is 1. The molecule has 3 N–H and O–H groups in total. The molecular formula is C21H29N5O. The summed E-state index contributed by atoms with van der Waals surface area (Å²) in [5.41, 5.74) is 2.93. The predicted molar refractivity (Wildman–Crippen MR) is 112 cm³/mol. The Balaban J connectivity index is 1.55. The van der Waals surface area contributed by atoms with Crippen LogP contribution in [-0.2, 0) is 0 Å². The largest absolute Gasteiger partial charge is 0.372 e. The van der Waals surface area contributed by atoms with Crippen molar-refractivity contribution in [2.75, 3.05) is 28.6 Å². The lowest BCUT2D eigenvalue weighted by Crippen LogP contribution is -2.34. The average molecular weight is 367 g/mol.